The molecule has 1 aliphatic rings. The van der Waals surface area contributed by atoms with Crippen LogP contribution >= 0.6 is 11.8 Å². The number of hydrogen-bond acceptors (Lipinski definition) is 8. The largest absolute Gasteiger partial charge is 0.467 e. The lowest BCUT2D eigenvalue weighted by atomic mass is 10.2. The number of nitrogens with one attached hydrogen (secondary N) is 1. The van der Waals surface area contributed by atoms with Crippen molar-refractivity contribution in [3.05, 3.63) is 0 Å². The first-order valence-electron chi connectivity index (χ1n) is 10.4. The number of carbonyl (C=O) groups excluding carboxylic acids is 3. The Labute approximate surface area is 178 Å². The highest BCUT2D eigenvalue weighted by atomic mass is 32.2. The van der Waals surface area contributed by atoms with Gasteiger partial charge in [-0.05, 0) is 33.1 Å². The Hall–Kier alpha value is -1.32. The molecule has 0 aromatic carbocycles. The Balaban J connectivity index is 2.56. The maximum atomic E-state index is 12.8. The van der Waals surface area contributed by atoms with Crippen LogP contribution in [0, 0.1) is 0 Å². The highest BCUT2D eigenvalue weighted by Crippen LogP contribution is 2.19. The van der Waals surface area contributed by atoms with Crippen LogP contribution in [0.1, 0.15) is 46.5 Å². The minimum atomic E-state index is -0.615. The van der Waals surface area contributed by atoms with Crippen molar-refractivity contribution in [2.24, 2.45) is 0 Å². The topological polar surface area (TPSA) is 94.2 Å². The molecule has 0 aromatic heterocycles. The number of hydrogen-bond donors (Lipinski definition) is 1. The van der Waals surface area contributed by atoms with Crippen LogP contribution in [0.3, 0.4) is 0 Å². The number of unbranched alkanes of at least 4 members (excludes halogenated alkanes) is 1. The van der Waals surface area contributed by atoms with Gasteiger partial charge in [0, 0.05) is 24.7 Å². The quantitative estimate of drug-likeness (QED) is 0.327. The van der Waals surface area contributed by atoms with Crippen LogP contribution in [-0.2, 0) is 28.6 Å². The Morgan fingerprint density at radius 1 is 1.24 bits per heavy atom. The summed E-state index contributed by atoms with van der Waals surface area (Å²) in [6.07, 6.45) is 3.50. The third kappa shape index (κ3) is 8.92. The van der Waals surface area contributed by atoms with Crippen LogP contribution in [0.15, 0.2) is 0 Å². The zero-order valence-corrected chi connectivity index (χ0v) is 18.9. The molecule has 0 aliphatic carbocycles. The Morgan fingerprint density at radius 3 is 2.66 bits per heavy atom. The van der Waals surface area contributed by atoms with Gasteiger partial charge < -0.3 is 19.1 Å². The van der Waals surface area contributed by atoms with Crippen LogP contribution < -0.4 is 5.32 Å². The molecule has 0 aromatic rings. The fourth-order valence-electron chi connectivity index (χ4n) is 3.13. The summed E-state index contributed by atoms with van der Waals surface area (Å²) in [5, 5.41) is 3.09. The van der Waals surface area contributed by atoms with Gasteiger partial charge >= 0.3 is 11.9 Å². The molecule has 0 bridgehead atoms. The number of rotatable bonds is 14. The van der Waals surface area contributed by atoms with E-state index in [0.29, 0.717) is 25.3 Å². The summed E-state index contributed by atoms with van der Waals surface area (Å²) in [7, 11) is 1.32. The van der Waals surface area contributed by atoms with E-state index in [0.717, 1.165) is 31.6 Å². The molecule has 1 amide bonds. The molecule has 0 saturated carbocycles. The van der Waals surface area contributed by atoms with Gasteiger partial charge in [0.15, 0.2) is 0 Å². The zero-order valence-electron chi connectivity index (χ0n) is 18.1. The fourth-order valence-corrected chi connectivity index (χ4v) is 4.00. The minimum Gasteiger partial charge on any atom is -0.467 e. The number of likely N-dealkylation sites (tertiary alicyclic amines) is 1. The average molecular weight is 433 g/mol. The van der Waals surface area contributed by atoms with Gasteiger partial charge in [0.25, 0.3) is 0 Å². The Morgan fingerprint density at radius 2 is 2.00 bits per heavy atom. The van der Waals surface area contributed by atoms with Gasteiger partial charge in [-0.15, -0.1) is 0 Å². The molecule has 1 N–H and O–H groups in total. The monoisotopic (exact) mass is 432 g/mol. The SMILES string of the molecule is CCCCOCCSC[C@H](NC(C)C(=O)N1CCC[C@H]1C(=O)OC)C(=O)OCC. The summed E-state index contributed by atoms with van der Waals surface area (Å²) < 4.78 is 15.5. The van der Waals surface area contributed by atoms with Crippen molar-refractivity contribution in [3.63, 3.8) is 0 Å². The average Bonchev–Trinajstić information content (AvgIpc) is 3.20. The standard InChI is InChI=1S/C20H36N2O6S/c1-5-7-11-27-12-13-29-14-16(19(24)28-6-2)21-15(3)18(23)22-10-8-9-17(22)20(25)26-4/h15-17,21H,5-14H2,1-4H3/t15?,16-,17-/m0/s1. The molecular weight excluding hydrogens is 396 g/mol. The van der Waals surface area contributed by atoms with Crippen molar-refractivity contribution in [2.45, 2.75) is 64.6 Å². The Bertz CT molecular complexity index is 519. The normalized spacial score (nSPS) is 18.3. The second-order valence-corrected chi connectivity index (χ2v) is 8.10. The molecule has 0 radical (unpaired) electrons. The molecular formula is C20H36N2O6S. The highest BCUT2D eigenvalue weighted by molar-refractivity contribution is 7.99. The van der Waals surface area contributed by atoms with Gasteiger partial charge in [-0.2, -0.15) is 11.8 Å². The molecule has 168 valence electrons. The molecule has 29 heavy (non-hydrogen) atoms. The van der Waals surface area contributed by atoms with E-state index >= 15 is 0 Å². The molecule has 1 fully saturated rings. The number of ether oxygens (including phenoxy) is 3. The van der Waals surface area contributed by atoms with Crippen molar-refractivity contribution >= 4 is 29.6 Å². The first-order valence-corrected chi connectivity index (χ1v) is 11.6. The maximum absolute atomic E-state index is 12.8. The highest BCUT2D eigenvalue weighted by Gasteiger charge is 2.37. The van der Waals surface area contributed by atoms with Crippen molar-refractivity contribution < 1.29 is 28.6 Å². The lowest BCUT2D eigenvalue weighted by Gasteiger charge is -2.28. The van der Waals surface area contributed by atoms with Crippen molar-refractivity contribution in [1.82, 2.24) is 10.2 Å². The van der Waals surface area contributed by atoms with Crippen molar-refractivity contribution in [3.8, 4) is 0 Å². The van der Waals surface area contributed by atoms with E-state index in [1.807, 2.05) is 0 Å². The van der Waals surface area contributed by atoms with Gasteiger partial charge in [-0.1, -0.05) is 13.3 Å². The zero-order chi connectivity index (χ0) is 21.6. The second-order valence-electron chi connectivity index (χ2n) is 6.95. The number of thioether (sulfide) groups is 1. The third-order valence-corrected chi connectivity index (χ3v) is 5.72. The summed E-state index contributed by atoms with van der Waals surface area (Å²) >= 11 is 1.58. The van der Waals surface area contributed by atoms with Crippen LogP contribution in [0.5, 0.6) is 0 Å². The molecule has 1 rings (SSSR count). The van der Waals surface area contributed by atoms with Gasteiger partial charge in [0.05, 0.1) is 26.4 Å². The maximum Gasteiger partial charge on any atom is 0.328 e. The number of nitrogens with zero attached hydrogens (tertiary/aromatic N) is 1. The van der Waals surface area contributed by atoms with Gasteiger partial charge in [0.2, 0.25) is 5.91 Å². The predicted octanol–water partition coefficient (Wildman–Crippen LogP) is 1.61. The van der Waals surface area contributed by atoms with E-state index in [4.69, 9.17) is 14.2 Å². The lowest BCUT2D eigenvalue weighted by molar-refractivity contribution is -0.152. The molecule has 3 atom stereocenters. The van der Waals surface area contributed by atoms with E-state index in [2.05, 4.69) is 12.2 Å². The summed E-state index contributed by atoms with van der Waals surface area (Å²) in [5.74, 6) is 0.259. The molecule has 1 saturated heterocycles. The molecule has 9 heteroatoms. The van der Waals surface area contributed by atoms with Crippen LogP contribution in [0.25, 0.3) is 0 Å². The summed E-state index contributed by atoms with van der Waals surface area (Å²) in [4.78, 5) is 38.6. The van der Waals surface area contributed by atoms with Crippen LogP contribution in [-0.4, -0.2) is 85.9 Å². The van der Waals surface area contributed by atoms with E-state index in [1.165, 1.54) is 7.11 Å². The molecule has 1 aliphatic heterocycles. The third-order valence-electron chi connectivity index (χ3n) is 4.70. The van der Waals surface area contributed by atoms with Gasteiger partial charge in [-0.25, -0.2) is 4.79 Å². The molecule has 8 nitrogen and oxygen atoms in total. The van der Waals surface area contributed by atoms with E-state index < -0.39 is 24.1 Å². The van der Waals surface area contributed by atoms with Crippen molar-refractivity contribution in [2.75, 3.05) is 45.0 Å². The lowest BCUT2D eigenvalue weighted by Crippen LogP contribution is -2.54. The number of carbonyl (C=O) groups is 3. The molecule has 1 unspecified atom stereocenters. The van der Waals surface area contributed by atoms with Gasteiger partial charge in [-0.3, -0.25) is 14.9 Å². The second kappa shape index (κ2) is 14.6. The molecule has 1 heterocycles. The van der Waals surface area contributed by atoms with Crippen molar-refractivity contribution in [1.29, 1.82) is 0 Å². The molecule has 0 spiro atoms. The van der Waals surface area contributed by atoms with Crippen LogP contribution in [0.4, 0.5) is 0 Å². The van der Waals surface area contributed by atoms with Crippen LogP contribution in [0.2, 0.25) is 0 Å². The smallest absolute Gasteiger partial charge is 0.328 e. The first-order chi connectivity index (χ1) is 14.0. The first kappa shape index (κ1) is 25.7. The fraction of sp³-hybridized carbons (Fsp3) is 0.850. The van der Waals surface area contributed by atoms with Gasteiger partial charge in [0.1, 0.15) is 12.1 Å². The number of methoxy groups -OCH3 is 1. The number of amides is 1. The predicted molar refractivity (Wildman–Crippen MR) is 113 cm³/mol. The van der Waals surface area contributed by atoms with E-state index in [1.54, 1.807) is 30.5 Å². The van der Waals surface area contributed by atoms with E-state index in [-0.39, 0.29) is 18.5 Å². The number of esters is 2. The van der Waals surface area contributed by atoms with E-state index in [9.17, 15) is 14.4 Å². The minimum absolute atomic E-state index is 0.208. The Kier molecular flexibility index (Phi) is 13.0. The summed E-state index contributed by atoms with van der Waals surface area (Å²) in [5.41, 5.74) is 0. The summed E-state index contributed by atoms with van der Waals surface area (Å²) in [6, 6.07) is -1.77. The summed E-state index contributed by atoms with van der Waals surface area (Å²) in [6.45, 7) is 7.75.